The van der Waals surface area contributed by atoms with Crippen LogP contribution < -0.4 is 9.47 Å². The third kappa shape index (κ3) is 5.90. The van der Waals surface area contributed by atoms with Crippen molar-refractivity contribution in [2.45, 2.75) is 24.3 Å². The first-order chi connectivity index (χ1) is 19.5. The lowest BCUT2D eigenvalue weighted by molar-refractivity contribution is 0.0791. The van der Waals surface area contributed by atoms with Crippen molar-refractivity contribution in [1.29, 1.82) is 0 Å². The number of carbonyl (C=O) groups excluding carboxylic acids is 1. The molecule has 0 atom stereocenters. The molecule has 0 saturated heterocycles. The highest BCUT2D eigenvalue weighted by molar-refractivity contribution is 7.98. The maximum Gasteiger partial charge on any atom is 0.273 e. The summed E-state index contributed by atoms with van der Waals surface area (Å²) in [5, 5.41) is 12.2. The number of para-hydroxylation sites is 1. The Morgan fingerprint density at radius 3 is 2.65 bits per heavy atom. The number of aromatic nitrogens is 4. The van der Waals surface area contributed by atoms with Crippen LogP contribution >= 0.6 is 23.1 Å². The Hall–Kier alpha value is -4.09. The summed E-state index contributed by atoms with van der Waals surface area (Å²) in [5.41, 5.74) is 3.56. The molecule has 0 unspecified atom stereocenters. The van der Waals surface area contributed by atoms with E-state index in [0.29, 0.717) is 47.5 Å². The third-order valence-electron chi connectivity index (χ3n) is 6.36. The molecule has 206 valence electrons. The van der Waals surface area contributed by atoms with Crippen LogP contribution in [-0.2, 0) is 12.2 Å². The maximum atomic E-state index is 13.1. The van der Waals surface area contributed by atoms with E-state index >= 15 is 0 Å². The van der Waals surface area contributed by atoms with Crippen LogP contribution in [0.3, 0.4) is 0 Å². The molecule has 3 heterocycles. The number of thiazole rings is 1. The molecule has 2 aromatic carbocycles. The second-order valence-electron chi connectivity index (χ2n) is 8.99. The number of likely N-dealkylation sites (N-methyl/N-ethyl adjacent to an activating group) is 1. The summed E-state index contributed by atoms with van der Waals surface area (Å²) in [6.45, 7) is 2.60. The zero-order valence-corrected chi connectivity index (χ0v) is 24.3. The molecule has 1 amide bonds. The number of aryl methyl sites for hydroxylation is 1. The number of carbonyl (C=O) groups is 1. The van der Waals surface area contributed by atoms with E-state index in [4.69, 9.17) is 13.9 Å². The number of amides is 1. The molecule has 40 heavy (non-hydrogen) atoms. The molecule has 0 aliphatic rings. The number of methoxy groups -OCH3 is 2. The zero-order valence-electron chi connectivity index (χ0n) is 22.7. The second-order valence-corrected chi connectivity index (χ2v) is 10.9. The van der Waals surface area contributed by atoms with E-state index in [2.05, 4.69) is 28.2 Å². The molecular weight excluding hydrogens is 546 g/mol. The smallest absolute Gasteiger partial charge is 0.273 e. The normalized spacial score (nSPS) is 11.0. The summed E-state index contributed by atoms with van der Waals surface area (Å²) < 4.78 is 18.3. The highest BCUT2D eigenvalue weighted by Crippen LogP contribution is 2.32. The molecule has 0 aliphatic heterocycles. The van der Waals surface area contributed by atoms with Crippen LogP contribution in [0.2, 0.25) is 0 Å². The number of furan rings is 1. The average molecular weight is 576 g/mol. The number of ether oxygens (including phenoxy) is 2. The van der Waals surface area contributed by atoms with Gasteiger partial charge in [-0.05, 0) is 54.8 Å². The predicted octanol–water partition coefficient (Wildman–Crippen LogP) is 5.92. The molecule has 5 rings (SSSR count). The molecule has 5 aromatic rings. The molecule has 9 nitrogen and oxygen atoms in total. The number of nitrogens with zero attached hydrogens (tertiary/aromatic N) is 5. The minimum Gasteiger partial charge on any atom is -0.493 e. The van der Waals surface area contributed by atoms with Crippen molar-refractivity contribution in [2.75, 3.05) is 27.8 Å². The lowest BCUT2D eigenvalue weighted by atomic mass is 10.1. The standard InChI is InChI=1S/C29H29N5O4S2/c1-19-8-5-6-9-22(19)34-27(24-10-7-15-38-24)31-32-29(34)40-18-26-30-21(17-39-26)28(35)33(2)14-13-20-11-12-23(36-3)25(16-20)37-4/h5-12,15-17H,13-14,18H2,1-4H3. The third-order valence-corrected chi connectivity index (χ3v) is 8.33. The molecule has 0 aliphatic carbocycles. The van der Waals surface area contributed by atoms with E-state index in [1.165, 1.54) is 23.1 Å². The van der Waals surface area contributed by atoms with Gasteiger partial charge >= 0.3 is 0 Å². The van der Waals surface area contributed by atoms with Crippen LogP contribution in [0.4, 0.5) is 0 Å². The summed E-state index contributed by atoms with van der Waals surface area (Å²) in [6.07, 6.45) is 2.31. The van der Waals surface area contributed by atoms with Gasteiger partial charge in [0.05, 0.1) is 31.9 Å². The first kappa shape index (κ1) is 27.5. The zero-order chi connectivity index (χ0) is 28.1. The minimum atomic E-state index is -0.115. The van der Waals surface area contributed by atoms with E-state index in [-0.39, 0.29) is 5.91 Å². The lowest BCUT2D eigenvalue weighted by Gasteiger charge is -2.16. The Morgan fingerprint density at radius 2 is 1.90 bits per heavy atom. The largest absolute Gasteiger partial charge is 0.493 e. The van der Waals surface area contributed by atoms with E-state index in [1.54, 1.807) is 32.4 Å². The summed E-state index contributed by atoms with van der Waals surface area (Å²) in [5.74, 6) is 3.06. The first-order valence-electron chi connectivity index (χ1n) is 12.6. The molecular formula is C29H29N5O4S2. The van der Waals surface area contributed by atoms with E-state index in [9.17, 15) is 4.79 Å². The van der Waals surface area contributed by atoms with Gasteiger partial charge in [0.2, 0.25) is 5.82 Å². The van der Waals surface area contributed by atoms with Crippen LogP contribution in [-0.4, -0.2) is 58.4 Å². The molecule has 3 aromatic heterocycles. The van der Waals surface area contributed by atoms with E-state index in [1.807, 2.05) is 58.5 Å². The summed E-state index contributed by atoms with van der Waals surface area (Å²) in [4.78, 5) is 19.4. The Balaban J connectivity index is 1.26. The molecule has 0 spiro atoms. The molecule has 0 fully saturated rings. The number of rotatable bonds is 11. The number of benzene rings is 2. The van der Waals surface area contributed by atoms with Crippen molar-refractivity contribution in [1.82, 2.24) is 24.6 Å². The highest BCUT2D eigenvalue weighted by Gasteiger charge is 2.21. The van der Waals surface area contributed by atoms with E-state index < -0.39 is 0 Å². The predicted molar refractivity (Wildman–Crippen MR) is 156 cm³/mol. The summed E-state index contributed by atoms with van der Waals surface area (Å²) in [6, 6.07) is 17.6. The van der Waals surface area contributed by atoms with Gasteiger partial charge in [-0.2, -0.15) is 0 Å². The van der Waals surface area contributed by atoms with Crippen molar-refractivity contribution in [3.05, 3.63) is 88.1 Å². The van der Waals surface area contributed by atoms with Crippen LogP contribution in [0.1, 0.15) is 26.6 Å². The Bertz CT molecular complexity index is 1600. The fourth-order valence-corrected chi connectivity index (χ4v) is 5.92. The summed E-state index contributed by atoms with van der Waals surface area (Å²) in [7, 11) is 5.01. The fraction of sp³-hybridized carbons (Fsp3) is 0.241. The van der Waals surface area contributed by atoms with Gasteiger partial charge in [-0.3, -0.25) is 9.36 Å². The van der Waals surface area contributed by atoms with Crippen molar-refractivity contribution in [3.63, 3.8) is 0 Å². The SMILES string of the molecule is COc1ccc(CCN(C)C(=O)c2csc(CSc3nnc(-c4ccco4)n3-c3ccccc3C)n2)cc1OC. The lowest BCUT2D eigenvalue weighted by Crippen LogP contribution is -2.29. The Kier molecular flexibility index (Phi) is 8.51. The van der Waals surface area contributed by atoms with Gasteiger partial charge < -0.3 is 18.8 Å². The Morgan fingerprint density at radius 1 is 1.07 bits per heavy atom. The molecule has 0 N–H and O–H groups in total. The van der Waals surface area contributed by atoms with Gasteiger partial charge in [0.1, 0.15) is 10.7 Å². The number of hydrogen-bond donors (Lipinski definition) is 0. The van der Waals surface area contributed by atoms with Crippen molar-refractivity contribution >= 4 is 29.0 Å². The van der Waals surface area contributed by atoms with Gasteiger partial charge in [-0.25, -0.2) is 4.98 Å². The summed E-state index contributed by atoms with van der Waals surface area (Å²) >= 11 is 2.98. The molecule has 0 saturated carbocycles. The molecule has 11 heteroatoms. The van der Waals surface area contributed by atoms with Crippen LogP contribution in [0, 0.1) is 6.92 Å². The van der Waals surface area contributed by atoms with Crippen molar-refractivity contribution in [3.8, 4) is 28.8 Å². The first-order valence-corrected chi connectivity index (χ1v) is 14.4. The van der Waals surface area contributed by atoms with Gasteiger partial charge in [0.25, 0.3) is 5.91 Å². The average Bonchev–Trinajstić information content (AvgIpc) is 3.75. The number of thioether (sulfide) groups is 1. The van der Waals surface area contributed by atoms with Crippen LogP contribution in [0.15, 0.2) is 75.8 Å². The maximum absolute atomic E-state index is 13.1. The topological polar surface area (TPSA) is 95.5 Å². The Labute approximate surface area is 240 Å². The second kappa shape index (κ2) is 12.4. The quantitative estimate of drug-likeness (QED) is 0.179. The van der Waals surface area contributed by atoms with Crippen molar-refractivity contribution in [2.24, 2.45) is 0 Å². The monoisotopic (exact) mass is 575 g/mol. The van der Waals surface area contributed by atoms with Crippen molar-refractivity contribution < 1.29 is 18.7 Å². The van der Waals surface area contributed by atoms with Gasteiger partial charge in [0.15, 0.2) is 22.4 Å². The minimum absolute atomic E-state index is 0.115. The fourth-order valence-electron chi connectivity index (χ4n) is 4.19. The van der Waals surface area contributed by atoms with Crippen LogP contribution in [0.25, 0.3) is 17.3 Å². The highest BCUT2D eigenvalue weighted by atomic mass is 32.2. The van der Waals surface area contributed by atoms with Gasteiger partial charge in [0, 0.05) is 19.0 Å². The number of hydrogen-bond acceptors (Lipinski definition) is 9. The molecule has 0 radical (unpaired) electrons. The molecule has 0 bridgehead atoms. The van der Waals surface area contributed by atoms with Gasteiger partial charge in [-0.15, -0.1) is 21.5 Å². The van der Waals surface area contributed by atoms with E-state index in [0.717, 1.165) is 27.0 Å². The van der Waals surface area contributed by atoms with Gasteiger partial charge in [-0.1, -0.05) is 36.0 Å². The van der Waals surface area contributed by atoms with Crippen LogP contribution in [0.5, 0.6) is 11.5 Å².